The zero-order valence-corrected chi connectivity index (χ0v) is 10.8. The molecule has 0 aliphatic carbocycles. The first-order valence-electron chi connectivity index (χ1n) is 5.90. The zero-order valence-electron chi connectivity index (χ0n) is 10.1. The normalized spacial score (nSPS) is 14.3. The second-order valence-corrected chi connectivity index (χ2v) is 4.69. The van der Waals surface area contributed by atoms with Gasteiger partial charge in [-0.15, -0.1) is 0 Å². The number of imidazole rings is 1. The van der Waals surface area contributed by atoms with Crippen LogP contribution in [0.4, 0.5) is 0 Å². The van der Waals surface area contributed by atoms with E-state index in [1.807, 2.05) is 12.1 Å². The van der Waals surface area contributed by atoms with Gasteiger partial charge < -0.3 is 15.0 Å². The number of benzene rings is 1. The lowest BCUT2D eigenvalue weighted by atomic mass is 10.2. The molecule has 0 unspecified atom stereocenters. The standard InChI is InChI=1S/C13H14ClN3O/c1-18-8-2-3-9(10(14)6-8)13-16-11-4-5-15-7-12(11)17-13/h2-3,6,15H,4-5,7H2,1H3,(H,16,17). The summed E-state index contributed by atoms with van der Waals surface area (Å²) < 4.78 is 5.14. The van der Waals surface area contributed by atoms with Crippen LogP contribution in [0, 0.1) is 0 Å². The molecule has 94 valence electrons. The number of fused-ring (bicyclic) bond motifs is 1. The van der Waals surface area contributed by atoms with E-state index in [1.165, 1.54) is 5.69 Å². The summed E-state index contributed by atoms with van der Waals surface area (Å²) in [5, 5.41) is 3.95. The van der Waals surface area contributed by atoms with E-state index in [-0.39, 0.29) is 0 Å². The van der Waals surface area contributed by atoms with Gasteiger partial charge in [0.15, 0.2) is 0 Å². The second kappa shape index (κ2) is 4.63. The molecule has 0 saturated heterocycles. The Kier molecular flexibility index (Phi) is 2.97. The van der Waals surface area contributed by atoms with Crippen molar-refractivity contribution < 1.29 is 4.74 Å². The van der Waals surface area contributed by atoms with Crippen LogP contribution < -0.4 is 10.1 Å². The van der Waals surface area contributed by atoms with Crippen molar-refractivity contribution in [3.05, 3.63) is 34.6 Å². The Hall–Kier alpha value is -1.52. The summed E-state index contributed by atoms with van der Waals surface area (Å²) >= 11 is 6.25. The molecular weight excluding hydrogens is 250 g/mol. The van der Waals surface area contributed by atoms with Gasteiger partial charge in [-0.3, -0.25) is 0 Å². The number of aromatic amines is 1. The second-order valence-electron chi connectivity index (χ2n) is 4.28. The first-order chi connectivity index (χ1) is 8.78. The highest BCUT2D eigenvalue weighted by Gasteiger charge is 2.16. The molecule has 4 nitrogen and oxygen atoms in total. The van der Waals surface area contributed by atoms with Crippen LogP contribution in [0.1, 0.15) is 11.4 Å². The molecule has 1 aliphatic rings. The quantitative estimate of drug-likeness (QED) is 0.875. The van der Waals surface area contributed by atoms with Crippen LogP contribution in [-0.2, 0) is 13.0 Å². The number of aromatic nitrogens is 2. The lowest BCUT2D eigenvalue weighted by molar-refractivity contribution is 0.415. The first-order valence-corrected chi connectivity index (χ1v) is 6.28. The van der Waals surface area contributed by atoms with Crippen molar-refractivity contribution in [1.29, 1.82) is 0 Å². The van der Waals surface area contributed by atoms with Gasteiger partial charge in [0.2, 0.25) is 0 Å². The number of H-pyrrole nitrogens is 1. The van der Waals surface area contributed by atoms with E-state index < -0.39 is 0 Å². The van der Waals surface area contributed by atoms with Crippen molar-refractivity contribution in [2.24, 2.45) is 0 Å². The molecule has 0 fully saturated rings. The van der Waals surface area contributed by atoms with E-state index in [1.54, 1.807) is 13.2 Å². The maximum Gasteiger partial charge on any atom is 0.139 e. The highest BCUT2D eigenvalue weighted by molar-refractivity contribution is 6.33. The molecular formula is C13H14ClN3O. The third-order valence-electron chi connectivity index (χ3n) is 3.14. The van der Waals surface area contributed by atoms with Gasteiger partial charge in [-0.1, -0.05) is 11.6 Å². The van der Waals surface area contributed by atoms with Crippen LogP contribution in [0.5, 0.6) is 5.75 Å². The third-order valence-corrected chi connectivity index (χ3v) is 3.45. The number of nitrogens with zero attached hydrogens (tertiary/aromatic N) is 1. The number of halogens is 1. The summed E-state index contributed by atoms with van der Waals surface area (Å²) in [6, 6.07) is 5.62. The van der Waals surface area contributed by atoms with E-state index in [0.29, 0.717) is 5.02 Å². The molecule has 2 heterocycles. The maximum absolute atomic E-state index is 6.25. The number of hydrogen-bond acceptors (Lipinski definition) is 3. The van der Waals surface area contributed by atoms with E-state index in [0.717, 1.165) is 42.3 Å². The van der Waals surface area contributed by atoms with Crippen LogP contribution >= 0.6 is 11.6 Å². The lowest BCUT2D eigenvalue weighted by Gasteiger charge is -2.09. The summed E-state index contributed by atoms with van der Waals surface area (Å²) in [6.45, 7) is 1.81. The van der Waals surface area contributed by atoms with E-state index >= 15 is 0 Å². The average molecular weight is 264 g/mol. The predicted octanol–water partition coefficient (Wildman–Crippen LogP) is 2.38. The minimum atomic E-state index is 0.647. The fourth-order valence-corrected chi connectivity index (χ4v) is 2.42. The number of methoxy groups -OCH3 is 1. The largest absolute Gasteiger partial charge is 0.497 e. The molecule has 0 spiro atoms. The zero-order chi connectivity index (χ0) is 12.5. The molecule has 3 rings (SSSR count). The smallest absolute Gasteiger partial charge is 0.139 e. The first kappa shape index (κ1) is 11.6. The van der Waals surface area contributed by atoms with Gasteiger partial charge in [-0.05, 0) is 18.2 Å². The number of hydrogen-bond donors (Lipinski definition) is 2. The molecule has 0 atom stereocenters. The van der Waals surface area contributed by atoms with Crippen LogP contribution in [0.3, 0.4) is 0 Å². The minimum Gasteiger partial charge on any atom is -0.497 e. The van der Waals surface area contributed by atoms with Crippen molar-refractivity contribution in [2.75, 3.05) is 13.7 Å². The Labute approximate surface area is 110 Å². The fraction of sp³-hybridized carbons (Fsp3) is 0.308. The van der Waals surface area contributed by atoms with Crippen molar-refractivity contribution in [1.82, 2.24) is 15.3 Å². The number of nitrogens with one attached hydrogen (secondary N) is 2. The van der Waals surface area contributed by atoms with Gasteiger partial charge in [-0.25, -0.2) is 4.98 Å². The van der Waals surface area contributed by atoms with Crippen LogP contribution in [0.15, 0.2) is 18.2 Å². The van der Waals surface area contributed by atoms with Crippen molar-refractivity contribution in [2.45, 2.75) is 13.0 Å². The fourth-order valence-electron chi connectivity index (χ4n) is 2.16. The van der Waals surface area contributed by atoms with Crippen molar-refractivity contribution in [3.63, 3.8) is 0 Å². The molecule has 0 bridgehead atoms. The van der Waals surface area contributed by atoms with Gasteiger partial charge in [0.05, 0.1) is 17.8 Å². The monoisotopic (exact) mass is 263 g/mol. The van der Waals surface area contributed by atoms with E-state index in [2.05, 4.69) is 15.3 Å². The minimum absolute atomic E-state index is 0.647. The number of ether oxygens (including phenoxy) is 1. The maximum atomic E-state index is 6.25. The molecule has 0 amide bonds. The van der Waals surface area contributed by atoms with Crippen LogP contribution in [0.25, 0.3) is 11.4 Å². The third kappa shape index (κ3) is 1.98. The average Bonchev–Trinajstić information content (AvgIpc) is 2.81. The summed E-state index contributed by atoms with van der Waals surface area (Å²) in [6.07, 6.45) is 0.982. The molecule has 5 heteroatoms. The molecule has 18 heavy (non-hydrogen) atoms. The highest BCUT2D eigenvalue weighted by Crippen LogP contribution is 2.30. The van der Waals surface area contributed by atoms with E-state index in [4.69, 9.17) is 16.3 Å². The van der Waals surface area contributed by atoms with Gasteiger partial charge in [0, 0.05) is 30.8 Å². The molecule has 1 aliphatic heterocycles. The molecule has 2 N–H and O–H groups in total. The van der Waals surface area contributed by atoms with Crippen molar-refractivity contribution >= 4 is 11.6 Å². The summed E-state index contributed by atoms with van der Waals surface area (Å²) in [7, 11) is 1.63. The van der Waals surface area contributed by atoms with Gasteiger partial charge >= 0.3 is 0 Å². The summed E-state index contributed by atoms with van der Waals surface area (Å²) in [5.41, 5.74) is 3.20. The number of rotatable bonds is 2. The molecule has 0 saturated carbocycles. The Morgan fingerprint density at radius 2 is 2.28 bits per heavy atom. The molecule has 2 aromatic rings. The SMILES string of the molecule is COc1ccc(-c2nc3c([nH]2)CCNC3)c(Cl)c1. The Morgan fingerprint density at radius 3 is 3.00 bits per heavy atom. The topological polar surface area (TPSA) is 49.9 Å². The Morgan fingerprint density at radius 1 is 1.39 bits per heavy atom. The summed E-state index contributed by atoms with van der Waals surface area (Å²) in [5.74, 6) is 1.58. The van der Waals surface area contributed by atoms with Crippen LogP contribution in [0.2, 0.25) is 5.02 Å². The Bertz CT molecular complexity index is 556. The van der Waals surface area contributed by atoms with Gasteiger partial charge in [0.1, 0.15) is 11.6 Å². The van der Waals surface area contributed by atoms with Crippen LogP contribution in [-0.4, -0.2) is 23.6 Å². The molecule has 1 aromatic heterocycles. The Balaban J connectivity index is 2.01. The molecule has 1 aromatic carbocycles. The highest BCUT2D eigenvalue weighted by atomic mass is 35.5. The van der Waals surface area contributed by atoms with Gasteiger partial charge in [-0.2, -0.15) is 0 Å². The summed E-state index contributed by atoms with van der Waals surface area (Å²) in [4.78, 5) is 7.95. The van der Waals surface area contributed by atoms with Gasteiger partial charge in [0.25, 0.3) is 0 Å². The predicted molar refractivity (Wildman–Crippen MR) is 71.0 cm³/mol. The lowest BCUT2D eigenvalue weighted by Crippen LogP contribution is -2.23. The van der Waals surface area contributed by atoms with Crippen molar-refractivity contribution in [3.8, 4) is 17.1 Å². The molecule has 0 radical (unpaired) electrons. The van der Waals surface area contributed by atoms with E-state index in [9.17, 15) is 0 Å².